The second-order valence-electron chi connectivity index (χ2n) is 4.48. The van der Waals surface area contributed by atoms with E-state index in [4.69, 9.17) is 0 Å². The lowest BCUT2D eigenvalue weighted by atomic mass is 10.1. The lowest BCUT2D eigenvalue weighted by Crippen LogP contribution is -2.38. The predicted octanol–water partition coefficient (Wildman–Crippen LogP) is 2.63. The average molecular weight is 234 g/mol. The van der Waals surface area contributed by atoms with E-state index in [1.165, 1.54) is 5.56 Å². The minimum absolute atomic E-state index is 0.0488. The van der Waals surface area contributed by atoms with Crippen LogP contribution in [0.3, 0.4) is 0 Å². The van der Waals surface area contributed by atoms with Crippen LogP contribution in [0.25, 0.3) is 0 Å². The van der Waals surface area contributed by atoms with E-state index in [1.54, 1.807) is 0 Å². The Labute approximate surface area is 104 Å². The topological polar surface area (TPSA) is 41.1 Å². The smallest absolute Gasteiger partial charge is 0.242 e. The lowest BCUT2D eigenvalue weighted by molar-refractivity contribution is -0.121. The van der Waals surface area contributed by atoms with Crippen molar-refractivity contribution in [3.63, 3.8) is 0 Å². The van der Waals surface area contributed by atoms with Gasteiger partial charge in [-0.1, -0.05) is 19.1 Å². The maximum absolute atomic E-state index is 11.7. The van der Waals surface area contributed by atoms with Gasteiger partial charge in [-0.25, -0.2) is 0 Å². The molecule has 0 aliphatic heterocycles. The van der Waals surface area contributed by atoms with Crippen LogP contribution in [0.2, 0.25) is 0 Å². The van der Waals surface area contributed by atoms with Crippen molar-refractivity contribution in [3.8, 4) is 0 Å². The first-order valence-corrected chi connectivity index (χ1v) is 6.16. The average Bonchev–Trinajstić information content (AvgIpc) is 2.30. The fourth-order valence-corrected chi connectivity index (χ4v) is 1.59. The summed E-state index contributed by atoms with van der Waals surface area (Å²) >= 11 is 0. The number of benzene rings is 1. The molecule has 0 heterocycles. The molecule has 0 radical (unpaired) electrons. The van der Waals surface area contributed by atoms with Gasteiger partial charge in [-0.05, 0) is 44.4 Å². The second kappa shape index (κ2) is 6.28. The highest BCUT2D eigenvalue weighted by Crippen LogP contribution is 2.17. The van der Waals surface area contributed by atoms with Crippen molar-refractivity contribution < 1.29 is 4.79 Å². The highest BCUT2D eigenvalue weighted by Gasteiger charge is 2.12. The maximum atomic E-state index is 11.7. The number of rotatable bonds is 5. The molecule has 2 N–H and O–H groups in total. The fraction of sp³-hybridized carbons (Fsp3) is 0.500. The Balaban J connectivity index is 2.64. The molecule has 1 atom stereocenters. The Kier molecular flexibility index (Phi) is 5.01. The first kappa shape index (κ1) is 13.6. The van der Waals surface area contributed by atoms with Crippen molar-refractivity contribution in [2.45, 2.75) is 40.2 Å². The Bertz CT molecular complexity index is 388. The van der Waals surface area contributed by atoms with Crippen molar-refractivity contribution in [2.75, 3.05) is 11.9 Å². The Morgan fingerprint density at radius 2 is 2.06 bits per heavy atom. The number of anilines is 1. The summed E-state index contributed by atoms with van der Waals surface area (Å²) in [5.41, 5.74) is 3.38. The third-order valence-electron chi connectivity index (χ3n) is 2.71. The summed E-state index contributed by atoms with van der Waals surface area (Å²) < 4.78 is 0. The standard InChI is InChI=1S/C14H22N2O/c1-5-8-15-14(17)12(4)16-13-9-10(2)6-7-11(13)3/h6-7,9,12,16H,5,8H2,1-4H3,(H,15,17)/t12-/m1/s1. The first-order valence-electron chi connectivity index (χ1n) is 6.16. The van der Waals surface area contributed by atoms with Crippen LogP contribution in [0.1, 0.15) is 31.4 Å². The van der Waals surface area contributed by atoms with E-state index >= 15 is 0 Å². The summed E-state index contributed by atoms with van der Waals surface area (Å²) in [7, 11) is 0. The molecule has 3 nitrogen and oxygen atoms in total. The highest BCUT2D eigenvalue weighted by atomic mass is 16.2. The molecule has 17 heavy (non-hydrogen) atoms. The van der Waals surface area contributed by atoms with Crippen LogP contribution in [0.15, 0.2) is 18.2 Å². The highest BCUT2D eigenvalue weighted by molar-refractivity contribution is 5.84. The van der Waals surface area contributed by atoms with Crippen LogP contribution in [0, 0.1) is 13.8 Å². The largest absolute Gasteiger partial charge is 0.374 e. The summed E-state index contributed by atoms with van der Waals surface area (Å²) in [6, 6.07) is 6.00. The Hall–Kier alpha value is -1.51. The maximum Gasteiger partial charge on any atom is 0.242 e. The molecular weight excluding hydrogens is 212 g/mol. The molecule has 0 saturated carbocycles. The van der Waals surface area contributed by atoms with Gasteiger partial charge in [-0.2, -0.15) is 0 Å². The predicted molar refractivity (Wildman–Crippen MR) is 72.3 cm³/mol. The van der Waals surface area contributed by atoms with Crippen LogP contribution in [0.5, 0.6) is 0 Å². The molecular formula is C14H22N2O. The van der Waals surface area contributed by atoms with E-state index in [0.29, 0.717) is 0 Å². The van der Waals surface area contributed by atoms with E-state index in [-0.39, 0.29) is 11.9 Å². The van der Waals surface area contributed by atoms with Crippen LogP contribution >= 0.6 is 0 Å². The molecule has 0 unspecified atom stereocenters. The summed E-state index contributed by atoms with van der Waals surface area (Å²) in [5, 5.41) is 6.13. The van der Waals surface area contributed by atoms with Gasteiger partial charge in [-0.3, -0.25) is 4.79 Å². The van der Waals surface area contributed by atoms with Crippen LogP contribution in [0.4, 0.5) is 5.69 Å². The van der Waals surface area contributed by atoms with Gasteiger partial charge in [0, 0.05) is 12.2 Å². The first-order chi connectivity index (χ1) is 8.04. The normalized spacial score (nSPS) is 12.0. The molecule has 1 amide bonds. The van der Waals surface area contributed by atoms with Crippen molar-refractivity contribution in [3.05, 3.63) is 29.3 Å². The number of hydrogen-bond acceptors (Lipinski definition) is 2. The molecule has 0 aliphatic carbocycles. The number of aryl methyl sites for hydroxylation is 2. The molecule has 0 aromatic heterocycles. The minimum Gasteiger partial charge on any atom is -0.374 e. The fourth-order valence-electron chi connectivity index (χ4n) is 1.59. The SMILES string of the molecule is CCCNC(=O)[C@@H](C)Nc1cc(C)ccc1C. The molecule has 0 bridgehead atoms. The summed E-state index contributed by atoms with van der Waals surface area (Å²) in [5.74, 6) is 0.0488. The van der Waals surface area contributed by atoms with Gasteiger partial charge < -0.3 is 10.6 Å². The summed E-state index contributed by atoms with van der Waals surface area (Å²) in [4.78, 5) is 11.7. The number of nitrogens with one attached hydrogen (secondary N) is 2. The Morgan fingerprint density at radius 3 is 2.71 bits per heavy atom. The van der Waals surface area contributed by atoms with Crippen LogP contribution in [-0.4, -0.2) is 18.5 Å². The minimum atomic E-state index is -0.206. The zero-order valence-corrected chi connectivity index (χ0v) is 11.1. The van der Waals surface area contributed by atoms with Gasteiger partial charge in [0.1, 0.15) is 6.04 Å². The molecule has 1 rings (SSSR count). The molecule has 0 spiro atoms. The molecule has 94 valence electrons. The van der Waals surface area contributed by atoms with Gasteiger partial charge in [0.05, 0.1) is 0 Å². The molecule has 1 aromatic rings. The van der Waals surface area contributed by atoms with Crippen molar-refractivity contribution in [1.29, 1.82) is 0 Å². The van der Waals surface area contributed by atoms with Crippen molar-refractivity contribution >= 4 is 11.6 Å². The number of carbonyl (C=O) groups excluding carboxylic acids is 1. The monoisotopic (exact) mass is 234 g/mol. The van der Waals surface area contributed by atoms with E-state index in [1.807, 2.05) is 27.7 Å². The van der Waals surface area contributed by atoms with Crippen molar-refractivity contribution in [1.82, 2.24) is 5.32 Å². The van der Waals surface area contributed by atoms with E-state index in [9.17, 15) is 4.79 Å². The van der Waals surface area contributed by atoms with Crippen molar-refractivity contribution in [2.24, 2.45) is 0 Å². The van der Waals surface area contributed by atoms with Crippen LogP contribution < -0.4 is 10.6 Å². The summed E-state index contributed by atoms with van der Waals surface area (Å²) in [6.07, 6.45) is 0.960. The molecule has 3 heteroatoms. The van der Waals surface area contributed by atoms with Crippen LogP contribution in [-0.2, 0) is 4.79 Å². The molecule has 0 fully saturated rings. The zero-order valence-electron chi connectivity index (χ0n) is 11.1. The molecule has 0 saturated heterocycles. The van der Waals surface area contributed by atoms with E-state index < -0.39 is 0 Å². The number of carbonyl (C=O) groups is 1. The lowest BCUT2D eigenvalue weighted by Gasteiger charge is -2.17. The van der Waals surface area contributed by atoms with Gasteiger partial charge in [0.2, 0.25) is 5.91 Å². The summed E-state index contributed by atoms with van der Waals surface area (Å²) in [6.45, 7) is 8.75. The van der Waals surface area contributed by atoms with Gasteiger partial charge in [0.15, 0.2) is 0 Å². The second-order valence-corrected chi connectivity index (χ2v) is 4.48. The Morgan fingerprint density at radius 1 is 1.35 bits per heavy atom. The van der Waals surface area contributed by atoms with Gasteiger partial charge in [0.25, 0.3) is 0 Å². The van der Waals surface area contributed by atoms with E-state index in [2.05, 4.69) is 28.8 Å². The van der Waals surface area contributed by atoms with Gasteiger partial charge >= 0.3 is 0 Å². The molecule has 0 aliphatic rings. The quantitative estimate of drug-likeness (QED) is 0.822. The third-order valence-corrected chi connectivity index (χ3v) is 2.71. The number of amides is 1. The van der Waals surface area contributed by atoms with E-state index in [0.717, 1.165) is 24.2 Å². The number of hydrogen-bond donors (Lipinski definition) is 2. The molecule has 1 aromatic carbocycles. The van der Waals surface area contributed by atoms with Gasteiger partial charge in [-0.15, -0.1) is 0 Å². The zero-order chi connectivity index (χ0) is 12.8. The third kappa shape index (κ3) is 4.10.